The van der Waals surface area contributed by atoms with Crippen LogP contribution in [0.4, 0.5) is 0 Å². The molecule has 17 heavy (non-hydrogen) atoms. The molecule has 0 aliphatic rings. The lowest BCUT2D eigenvalue weighted by Gasteiger charge is -2.24. The summed E-state index contributed by atoms with van der Waals surface area (Å²) in [6.07, 6.45) is 1.68. The lowest BCUT2D eigenvalue weighted by atomic mass is 9.92. The molecule has 0 unspecified atom stereocenters. The number of carbonyl (C=O) groups is 1. The summed E-state index contributed by atoms with van der Waals surface area (Å²) in [5.41, 5.74) is 4.58. The van der Waals surface area contributed by atoms with E-state index in [-0.39, 0.29) is 11.5 Å². The van der Waals surface area contributed by atoms with Crippen LogP contribution in [0.3, 0.4) is 0 Å². The summed E-state index contributed by atoms with van der Waals surface area (Å²) in [5.74, 6) is -0.0984. The number of amides is 1. The SMILES string of the molecule is CC(C)(Cn1ccccc1=O)C(=O)NCCN. The number of hydrogen-bond acceptors (Lipinski definition) is 3. The van der Waals surface area contributed by atoms with Gasteiger partial charge in [-0.05, 0) is 19.9 Å². The van der Waals surface area contributed by atoms with E-state index in [0.29, 0.717) is 19.6 Å². The van der Waals surface area contributed by atoms with Gasteiger partial charge < -0.3 is 15.6 Å². The van der Waals surface area contributed by atoms with Crippen molar-refractivity contribution in [3.05, 3.63) is 34.7 Å². The molecule has 0 radical (unpaired) electrons. The van der Waals surface area contributed by atoms with Gasteiger partial charge >= 0.3 is 0 Å². The van der Waals surface area contributed by atoms with Crippen LogP contribution in [0.2, 0.25) is 0 Å². The first-order valence-corrected chi connectivity index (χ1v) is 5.61. The maximum Gasteiger partial charge on any atom is 0.250 e. The van der Waals surface area contributed by atoms with Gasteiger partial charge in [0.15, 0.2) is 0 Å². The molecule has 1 aromatic rings. The average Bonchev–Trinajstić information content (AvgIpc) is 2.28. The number of nitrogens with zero attached hydrogens (tertiary/aromatic N) is 1. The maximum atomic E-state index is 11.9. The van der Waals surface area contributed by atoms with E-state index in [9.17, 15) is 9.59 Å². The highest BCUT2D eigenvalue weighted by Crippen LogP contribution is 2.17. The Kier molecular flexibility index (Phi) is 4.45. The minimum atomic E-state index is -0.639. The Morgan fingerprint density at radius 3 is 2.76 bits per heavy atom. The molecule has 0 bridgehead atoms. The lowest BCUT2D eigenvalue weighted by Crippen LogP contribution is -2.43. The van der Waals surface area contributed by atoms with E-state index in [4.69, 9.17) is 5.73 Å². The predicted octanol–water partition coefficient (Wildman–Crippen LogP) is -0.0506. The maximum absolute atomic E-state index is 11.9. The first-order chi connectivity index (χ1) is 7.97. The van der Waals surface area contributed by atoms with E-state index in [0.717, 1.165) is 0 Å². The van der Waals surface area contributed by atoms with Crippen LogP contribution in [-0.4, -0.2) is 23.6 Å². The zero-order chi connectivity index (χ0) is 12.9. The van der Waals surface area contributed by atoms with Gasteiger partial charge in [0.25, 0.3) is 5.56 Å². The standard InChI is InChI=1S/C12H19N3O2/c1-12(2,11(17)14-7-6-13)9-15-8-4-3-5-10(15)16/h3-5,8H,6-7,9,13H2,1-2H3,(H,14,17). The molecule has 1 aromatic heterocycles. The van der Waals surface area contributed by atoms with E-state index in [1.54, 1.807) is 32.2 Å². The molecular formula is C12H19N3O2. The Labute approximate surface area is 101 Å². The highest BCUT2D eigenvalue weighted by molar-refractivity contribution is 5.81. The Bertz CT molecular complexity index is 437. The first-order valence-electron chi connectivity index (χ1n) is 5.61. The summed E-state index contributed by atoms with van der Waals surface area (Å²) in [6.45, 7) is 4.82. The summed E-state index contributed by atoms with van der Waals surface area (Å²) in [7, 11) is 0. The summed E-state index contributed by atoms with van der Waals surface area (Å²) in [5, 5.41) is 2.73. The zero-order valence-electron chi connectivity index (χ0n) is 10.3. The van der Waals surface area contributed by atoms with E-state index in [1.165, 1.54) is 10.6 Å². The van der Waals surface area contributed by atoms with Crippen LogP contribution in [0.5, 0.6) is 0 Å². The van der Waals surface area contributed by atoms with Gasteiger partial charge in [0.05, 0.1) is 5.41 Å². The summed E-state index contributed by atoms with van der Waals surface area (Å²) in [4.78, 5) is 23.4. The number of nitrogens with one attached hydrogen (secondary N) is 1. The van der Waals surface area contributed by atoms with Crippen LogP contribution in [0.1, 0.15) is 13.8 Å². The number of rotatable bonds is 5. The van der Waals surface area contributed by atoms with Crippen molar-refractivity contribution in [2.45, 2.75) is 20.4 Å². The van der Waals surface area contributed by atoms with E-state index in [1.807, 2.05) is 0 Å². The van der Waals surface area contributed by atoms with Gasteiger partial charge in [-0.3, -0.25) is 9.59 Å². The second-order valence-electron chi connectivity index (χ2n) is 4.60. The van der Waals surface area contributed by atoms with Gasteiger partial charge in [-0.2, -0.15) is 0 Å². The van der Waals surface area contributed by atoms with Gasteiger partial charge in [-0.25, -0.2) is 0 Å². The van der Waals surface area contributed by atoms with Crippen molar-refractivity contribution in [3.63, 3.8) is 0 Å². The van der Waals surface area contributed by atoms with Gasteiger partial charge in [0, 0.05) is 31.9 Å². The van der Waals surface area contributed by atoms with Crippen LogP contribution in [0.15, 0.2) is 29.2 Å². The third kappa shape index (κ3) is 3.71. The number of aromatic nitrogens is 1. The van der Waals surface area contributed by atoms with E-state index >= 15 is 0 Å². The number of carbonyl (C=O) groups excluding carboxylic acids is 1. The van der Waals surface area contributed by atoms with E-state index < -0.39 is 5.41 Å². The molecule has 1 rings (SSSR count). The molecular weight excluding hydrogens is 218 g/mol. The number of pyridine rings is 1. The van der Waals surface area contributed by atoms with Crippen LogP contribution in [-0.2, 0) is 11.3 Å². The fourth-order valence-electron chi connectivity index (χ4n) is 1.51. The Hall–Kier alpha value is -1.62. The van der Waals surface area contributed by atoms with E-state index in [2.05, 4.69) is 5.32 Å². The molecule has 5 nitrogen and oxygen atoms in total. The Morgan fingerprint density at radius 2 is 2.18 bits per heavy atom. The molecule has 0 spiro atoms. The predicted molar refractivity (Wildman–Crippen MR) is 66.5 cm³/mol. The smallest absolute Gasteiger partial charge is 0.250 e. The average molecular weight is 237 g/mol. The molecule has 94 valence electrons. The number of hydrogen-bond donors (Lipinski definition) is 2. The molecule has 0 aliphatic heterocycles. The van der Waals surface area contributed by atoms with Crippen molar-refractivity contribution in [3.8, 4) is 0 Å². The monoisotopic (exact) mass is 237 g/mol. The van der Waals surface area contributed by atoms with Crippen molar-refractivity contribution >= 4 is 5.91 Å². The Balaban J connectivity index is 2.76. The molecule has 0 aromatic carbocycles. The largest absolute Gasteiger partial charge is 0.354 e. The molecule has 0 aliphatic carbocycles. The Morgan fingerprint density at radius 1 is 1.47 bits per heavy atom. The quantitative estimate of drug-likeness (QED) is 0.753. The highest BCUT2D eigenvalue weighted by Gasteiger charge is 2.27. The van der Waals surface area contributed by atoms with Gasteiger partial charge in [0.1, 0.15) is 0 Å². The lowest BCUT2D eigenvalue weighted by molar-refractivity contribution is -0.130. The van der Waals surface area contributed by atoms with Crippen LogP contribution in [0, 0.1) is 5.41 Å². The second-order valence-corrected chi connectivity index (χ2v) is 4.60. The van der Waals surface area contributed by atoms with Gasteiger partial charge in [0.2, 0.25) is 5.91 Å². The molecule has 1 heterocycles. The number of nitrogens with two attached hydrogens (primary N) is 1. The minimum Gasteiger partial charge on any atom is -0.354 e. The fourth-order valence-corrected chi connectivity index (χ4v) is 1.51. The molecule has 0 saturated carbocycles. The van der Waals surface area contributed by atoms with Crippen molar-refractivity contribution in [1.29, 1.82) is 0 Å². The first kappa shape index (κ1) is 13.4. The molecule has 0 saturated heterocycles. The molecule has 0 fully saturated rings. The van der Waals surface area contributed by atoms with Crippen molar-refractivity contribution in [1.82, 2.24) is 9.88 Å². The highest BCUT2D eigenvalue weighted by atomic mass is 16.2. The van der Waals surface area contributed by atoms with Crippen molar-refractivity contribution in [2.24, 2.45) is 11.1 Å². The van der Waals surface area contributed by atoms with Crippen LogP contribution < -0.4 is 16.6 Å². The third-order valence-electron chi connectivity index (χ3n) is 2.51. The van der Waals surface area contributed by atoms with Gasteiger partial charge in [-0.15, -0.1) is 0 Å². The minimum absolute atomic E-state index is 0.0984. The topological polar surface area (TPSA) is 77.1 Å². The summed E-state index contributed by atoms with van der Waals surface area (Å²) >= 11 is 0. The molecule has 5 heteroatoms. The zero-order valence-corrected chi connectivity index (χ0v) is 10.3. The van der Waals surface area contributed by atoms with Crippen molar-refractivity contribution < 1.29 is 4.79 Å². The third-order valence-corrected chi connectivity index (χ3v) is 2.51. The molecule has 1 amide bonds. The van der Waals surface area contributed by atoms with Crippen LogP contribution >= 0.6 is 0 Å². The normalized spacial score (nSPS) is 11.2. The second kappa shape index (κ2) is 5.63. The summed E-state index contributed by atoms with van der Waals surface area (Å²) in [6, 6.07) is 4.93. The van der Waals surface area contributed by atoms with Crippen LogP contribution in [0.25, 0.3) is 0 Å². The van der Waals surface area contributed by atoms with Crippen molar-refractivity contribution in [2.75, 3.05) is 13.1 Å². The summed E-state index contributed by atoms with van der Waals surface area (Å²) < 4.78 is 1.53. The molecule has 3 N–H and O–H groups in total. The molecule has 0 atom stereocenters. The fraction of sp³-hybridized carbons (Fsp3) is 0.500. The van der Waals surface area contributed by atoms with Gasteiger partial charge in [-0.1, -0.05) is 6.07 Å².